The second-order valence-electron chi connectivity index (χ2n) is 5.59. The molecular weight excluding hydrogens is 284 g/mol. The maximum absolute atomic E-state index is 6.46. The third-order valence-corrected chi connectivity index (χ3v) is 4.35. The molecule has 0 saturated carbocycles. The van der Waals surface area contributed by atoms with Crippen molar-refractivity contribution in [2.24, 2.45) is 11.7 Å². The Morgan fingerprint density at radius 2 is 1.76 bits per heavy atom. The third kappa shape index (κ3) is 3.49. The van der Waals surface area contributed by atoms with Crippen LogP contribution in [0.3, 0.4) is 0 Å². The SMILES string of the molecule is COc1ccc2cc([C@H](N)C3CCNCC3)ccc2c1.Cl. The molecule has 1 fully saturated rings. The zero-order chi connectivity index (χ0) is 13.9. The van der Waals surface area contributed by atoms with Crippen LogP contribution >= 0.6 is 12.4 Å². The number of nitrogens with one attached hydrogen (secondary N) is 1. The van der Waals surface area contributed by atoms with E-state index in [2.05, 4.69) is 35.6 Å². The molecule has 2 aromatic carbocycles. The Kier molecular flexibility index (Phi) is 5.45. The maximum atomic E-state index is 6.46. The van der Waals surface area contributed by atoms with Gasteiger partial charge in [0.25, 0.3) is 0 Å². The van der Waals surface area contributed by atoms with Crippen molar-refractivity contribution >= 4 is 23.2 Å². The van der Waals surface area contributed by atoms with Gasteiger partial charge in [0.2, 0.25) is 0 Å². The van der Waals surface area contributed by atoms with E-state index in [1.54, 1.807) is 7.11 Å². The van der Waals surface area contributed by atoms with Crippen LogP contribution in [0.4, 0.5) is 0 Å². The number of nitrogens with two attached hydrogens (primary N) is 1. The van der Waals surface area contributed by atoms with Gasteiger partial charge in [-0.3, -0.25) is 0 Å². The van der Waals surface area contributed by atoms with E-state index in [1.807, 2.05) is 6.07 Å². The van der Waals surface area contributed by atoms with Gasteiger partial charge in [0.15, 0.2) is 0 Å². The molecule has 0 radical (unpaired) electrons. The zero-order valence-corrected chi connectivity index (χ0v) is 13.2. The molecule has 3 nitrogen and oxygen atoms in total. The molecule has 114 valence electrons. The average molecular weight is 307 g/mol. The van der Waals surface area contributed by atoms with E-state index in [4.69, 9.17) is 10.5 Å². The Morgan fingerprint density at radius 3 is 2.48 bits per heavy atom. The number of ether oxygens (including phenoxy) is 1. The number of fused-ring (bicyclic) bond motifs is 1. The van der Waals surface area contributed by atoms with Gasteiger partial charge in [0.05, 0.1) is 7.11 Å². The lowest BCUT2D eigenvalue weighted by Crippen LogP contribution is -2.33. The maximum Gasteiger partial charge on any atom is 0.119 e. The highest BCUT2D eigenvalue weighted by Crippen LogP contribution is 2.29. The number of hydrogen-bond acceptors (Lipinski definition) is 3. The summed E-state index contributed by atoms with van der Waals surface area (Å²) in [5, 5.41) is 5.82. The van der Waals surface area contributed by atoms with E-state index < -0.39 is 0 Å². The Hall–Kier alpha value is -1.29. The molecule has 0 aromatic heterocycles. The molecule has 21 heavy (non-hydrogen) atoms. The fraction of sp³-hybridized carbons (Fsp3) is 0.412. The summed E-state index contributed by atoms with van der Waals surface area (Å²) in [5.74, 6) is 1.49. The van der Waals surface area contributed by atoms with Gasteiger partial charge in [-0.05, 0) is 66.4 Å². The number of benzene rings is 2. The summed E-state index contributed by atoms with van der Waals surface area (Å²) in [7, 11) is 1.70. The fourth-order valence-electron chi connectivity index (χ4n) is 3.05. The molecule has 0 amide bonds. The molecule has 1 aliphatic rings. The first-order valence-corrected chi connectivity index (χ1v) is 7.32. The van der Waals surface area contributed by atoms with Crippen molar-refractivity contribution in [3.63, 3.8) is 0 Å². The fourth-order valence-corrected chi connectivity index (χ4v) is 3.05. The molecule has 0 unspecified atom stereocenters. The van der Waals surface area contributed by atoms with Crippen molar-refractivity contribution in [3.8, 4) is 5.75 Å². The van der Waals surface area contributed by atoms with Crippen molar-refractivity contribution < 1.29 is 4.74 Å². The van der Waals surface area contributed by atoms with Crippen LogP contribution in [0.25, 0.3) is 10.8 Å². The summed E-state index contributed by atoms with van der Waals surface area (Å²) in [6.45, 7) is 2.17. The number of piperidine rings is 1. The van der Waals surface area contributed by atoms with Crippen LogP contribution in [0.15, 0.2) is 36.4 Å². The van der Waals surface area contributed by atoms with E-state index in [-0.39, 0.29) is 18.4 Å². The lowest BCUT2D eigenvalue weighted by atomic mass is 9.86. The van der Waals surface area contributed by atoms with E-state index in [0.29, 0.717) is 5.92 Å². The van der Waals surface area contributed by atoms with E-state index in [9.17, 15) is 0 Å². The highest BCUT2D eigenvalue weighted by Gasteiger charge is 2.21. The molecule has 3 rings (SSSR count). The molecule has 3 N–H and O–H groups in total. The number of halogens is 1. The summed E-state index contributed by atoms with van der Waals surface area (Å²) in [4.78, 5) is 0. The highest BCUT2D eigenvalue weighted by molar-refractivity contribution is 5.85. The van der Waals surface area contributed by atoms with Crippen LogP contribution in [0, 0.1) is 5.92 Å². The van der Waals surface area contributed by atoms with Gasteiger partial charge in [-0.25, -0.2) is 0 Å². The standard InChI is InChI=1S/C17H22N2O.ClH/c1-20-16-5-4-13-10-15(3-2-14(13)11-16)17(18)12-6-8-19-9-7-12;/h2-5,10-12,17,19H,6-9,18H2,1H3;1H/t17-;/m1./s1. The van der Waals surface area contributed by atoms with Gasteiger partial charge in [-0.1, -0.05) is 18.2 Å². The monoisotopic (exact) mass is 306 g/mol. The first-order valence-electron chi connectivity index (χ1n) is 7.32. The first kappa shape index (κ1) is 16.1. The van der Waals surface area contributed by atoms with Crippen LogP contribution < -0.4 is 15.8 Å². The Bertz CT molecular complexity index is 596. The van der Waals surface area contributed by atoms with Crippen LogP contribution in [-0.2, 0) is 0 Å². The van der Waals surface area contributed by atoms with Crippen LogP contribution in [0.5, 0.6) is 5.75 Å². The molecule has 1 aliphatic heterocycles. The molecule has 0 spiro atoms. The summed E-state index contributed by atoms with van der Waals surface area (Å²) in [5.41, 5.74) is 7.71. The molecule has 0 aliphatic carbocycles. The quantitative estimate of drug-likeness (QED) is 0.915. The molecule has 2 aromatic rings. The van der Waals surface area contributed by atoms with E-state index in [0.717, 1.165) is 18.8 Å². The smallest absolute Gasteiger partial charge is 0.119 e. The zero-order valence-electron chi connectivity index (χ0n) is 12.3. The average Bonchev–Trinajstić information content (AvgIpc) is 2.54. The summed E-state index contributed by atoms with van der Waals surface area (Å²) < 4.78 is 5.26. The molecule has 1 saturated heterocycles. The lowest BCUT2D eigenvalue weighted by Gasteiger charge is -2.28. The second kappa shape index (κ2) is 7.12. The number of rotatable bonds is 3. The van der Waals surface area contributed by atoms with E-state index in [1.165, 1.54) is 29.2 Å². The minimum Gasteiger partial charge on any atom is -0.497 e. The Balaban J connectivity index is 0.00000161. The van der Waals surface area contributed by atoms with Crippen LogP contribution in [0.1, 0.15) is 24.4 Å². The Morgan fingerprint density at radius 1 is 1.10 bits per heavy atom. The number of hydrogen-bond donors (Lipinski definition) is 2. The minimum absolute atomic E-state index is 0. The van der Waals surface area contributed by atoms with Crippen molar-refractivity contribution in [1.82, 2.24) is 5.32 Å². The lowest BCUT2D eigenvalue weighted by molar-refractivity contribution is 0.322. The van der Waals surface area contributed by atoms with Crippen molar-refractivity contribution in [1.29, 1.82) is 0 Å². The summed E-state index contributed by atoms with van der Waals surface area (Å²) in [6.07, 6.45) is 2.34. The van der Waals surface area contributed by atoms with Gasteiger partial charge in [-0.2, -0.15) is 0 Å². The van der Waals surface area contributed by atoms with Gasteiger partial charge >= 0.3 is 0 Å². The largest absolute Gasteiger partial charge is 0.497 e. The minimum atomic E-state index is 0. The highest BCUT2D eigenvalue weighted by atomic mass is 35.5. The first-order chi connectivity index (χ1) is 9.78. The van der Waals surface area contributed by atoms with Crippen molar-refractivity contribution in [3.05, 3.63) is 42.0 Å². The Labute approximate surface area is 132 Å². The third-order valence-electron chi connectivity index (χ3n) is 4.35. The predicted octanol–water partition coefficient (Wildman–Crippen LogP) is 3.27. The van der Waals surface area contributed by atoms with Gasteiger partial charge < -0.3 is 15.8 Å². The molecule has 4 heteroatoms. The second-order valence-corrected chi connectivity index (χ2v) is 5.59. The molecule has 1 atom stereocenters. The normalized spacial score (nSPS) is 17.2. The molecular formula is C17H23ClN2O. The molecule has 1 heterocycles. The summed E-state index contributed by atoms with van der Waals surface area (Å²) in [6, 6.07) is 12.8. The van der Waals surface area contributed by atoms with Crippen molar-refractivity contribution in [2.45, 2.75) is 18.9 Å². The molecule has 0 bridgehead atoms. The topological polar surface area (TPSA) is 47.3 Å². The van der Waals surface area contributed by atoms with Gasteiger partial charge in [0.1, 0.15) is 5.75 Å². The number of methoxy groups -OCH3 is 1. The van der Waals surface area contributed by atoms with Crippen LogP contribution in [0.2, 0.25) is 0 Å². The summed E-state index contributed by atoms with van der Waals surface area (Å²) >= 11 is 0. The van der Waals surface area contributed by atoms with Gasteiger partial charge in [0, 0.05) is 6.04 Å². The van der Waals surface area contributed by atoms with E-state index >= 15 is 0 Å². The van der Waals surface area contributed by atoms with Crippen LogP contribution in [-0.4, -0.2) is 20.2 Å². The van der Waals surface area contributed by atoms with Gasteiger partial charge in [-0.15, -0.1) is 12.4 Å². The predicted molar refractivity (Wildman–Crippen MR) is 90.3 cm³/mol. The van der Waals surface area contributed by atoms with Crippen molar-refractivity contribution in [2.75, 3.05) is 20.2 Å².